The van der Waals surface area contributed by atoms with Crippen molar-refractivity contribution in [2.75, 3.05) is 6.61 Å². The van der Waals surface area contributed by atoms with Crippen LogP contribution in [-0.2, 0) is 28.7 Å². The van der Waals surface area contributed by atoms with Crippen LogP contribution in [0.5, 0.6) is 0 Å². The Morgan fingerprint density at radius 1 is 1.19 bits per heavy atom. The zero-order valence-corrected chi connectivity index (χ0v) is 18.4. The van der Waals surface area contributed by atoms with Crippen LogP contribution >= 0.6 is 0 Å². The van der Waals surface area contributed by atoms with E-state index in [-0.39, 0.29) is 25.0 Å². The number of hydrogen-bond donors (Lipinski definition) is 7. The summed E-state index contributed by atoms with van der Waals surface area (Å²) in [5.41, 5.74) is 10.7. The van der Waals surface area contributed by atoms with Crippen molar-refractivity contribution in [3.05, 3.63) is 0 Å². The molecule has 1 aliphatic rings. The predicted octanol–water partition coefficient (Wildman–Crippen LogP) is -3.61. The highest BCUT2D eigenvalue weighted by molar-refractivity contribution is 5.89. The van der Waals surface area contributed by atoms with Crippen LogP contribution in [0.15, 0.2) is 0 Å². The first-order chi connectivity index (χ1) is 14.9. The zero-order valence-electron chi connectivity index (χ0n) is 18.4. The molecule has 13 nitrogen and oxygen atoms in total. The van der Waals surface area contributed by atoms with E-state index in [1.54, 1.807) is 6.92 Å². The summed E-state index contributed by atoms with van der Waals surface area (Å²) < 4.78 is 10.8. The summed E-state index contributed by atoms with van der Waals surface area (Å²) >= 11 is 0. The monoisotopic (exact) mass is 462 g/mol. The molecule has 3 amide bonds. The van der Waals surface area contributed by atoms with Crippen molar-refractivity contribution in [3.8, 4) is 0 Å². The number of ether oxygens (including phenoxy) is 2. The van der Waals surface area contributed by atoms with Crippen molar-refractivity contribution in [3.63, 3.8) is 0 Å². The molecule has 1 saturated heterocycles. The number of Topliss-reactive ketones (excluding diaryl/α,β-unsaturated/α-hetero) is 1. The number of nitrogens with two attached hydrogens (primary N) is 2. The molecule has 8 atom stereocenters. The van der Waals surface area contributed by atoms with Gasteiger partial charge >= 0.3 is 0 Å². The first-order valence-electron chi connectivity index (χ1n) is 10.3. The van der Waals surface area contributed by atoms with Crippen molar-refractivity contribution in [2.24, 2.45) is 11.5 Å². The maximum Gasteiger partial charge on any atom is 0.240 e. The molecular formula is C19H34N4O9. The lowest BCUT2D eigenvalue weighted by Crippen LogP contribution is -2.65. The maximum absolute atomic E-state index is 12.4. The molecular weight excluding hydrogens is 428 g/mol. The van der Waals surface area contributed by atoms with Gasteiger partial charge < -0.3 is 46.9 Å². The van der Waals surface area contributed by atoms with Gasteiger partial charge in [0.2, 0.25) is 17.7 Å². The van der Waals surface area contributed by atoms with E-state index in [1.165, 1.54) is 13.8 Å². The second-order valence-corrected chi connectivity index (χ2v) is 7.91. The lowest BCUT2D eigenvalue weighted by atomic mass is 9.96. The molecule has 1 fully saturated rings. The quantitative estimate of drug-likeness (QED) is 0.151. The van der Waals surface area contributed by atoms with Crippen LogP contribution in [-0.4, -0.2) is 94.3 Å². The Kier molecular flexibility index (Phi) is 11.1. The highest BCUT2D eigenvalue weighted by atomic mass is 16.6. The molecule has 184 valence electrons. The molecule has 9 N–H and O–H groups in total. The number of aliphatic hydroxyl groups excluding tert-OH is 3. The Bertz CT molecular complexity index is 675. The standard InChI is InChI=1S/C19H34N4O9/c1-8(6-11(26)4-5-12(17(21)28)23-18(29)9(2)20)31-16-14(22-10(3)25)19(30)32-13(7-24)15(16)27/h8-9,12-16,19,24,27,30H,4-7,20H2,1-3H3,(H2,21,28)(H,22,25)(H,23,29)/t8?,9-,12+,13+,14+,15+,16+,19-/m0/s1. The summed E-state index contributed by atoms with van der Waals surface area (Å²) in [4.78, 5) is 47.0. The number of aliphatic hydroxyl groups is 3. The molecule has 0 spiro atoms. The van der Waals surface area contributed by atoms with Crippen LogP contribution in [0.1, 0.15) is 40.0 Å². The van der Waals surface area contributed by atoms with E-state index in [1.807, 2.05) is 0 Å². The number of rotatable bonds is 12. The molecule has 1 aliphatic heterocycles. The fraction of sp³-hybridized carbons (Fsp3) is 0.789. The third kappa shape index (κ3) is 8.41. The summed E-state index contributed by atoms with van der Waals surface area (Å²) in [6.45, 7) is 3.60. The van der Waals surface area contributed by atoms with Gasteiger partial charge in [0.05, 0.1) is 18.8 Å². The Morgan fingerprint density at radius 2 is 1.81 bits per heavy atom. The molecule has 0 aromatic heterocycles. The van der Waals surface area contributed by atoms with Crippen LogP contribution in [0, 0.1) is 0 Å². The smallest absolute Gasteiger partial charge is 0.240 e. The number of hydrogen-bond acceptors (Lipinski definition) is 10. The van der Waals surface area contributed by atoms with Gasteiger partial charge in [-0.15, -0.1) is 0 Å². The Morgan fingerprint density at radius 3 is 2.31 bits per heavy atom. The summed E-state index contributed by atoms with van der Waals surface area (Å²) in [6, 6.07) is -3.03. The topological polar surface area (TPSA) is 224 Å². The largest absolute Gasteiger partial charge is 0.394 e. The lowest BCUT2D eigenvalue weighted by molar-refractivity contribution is -0.267. The second kappa shape index (κ2) is 12.8. The normalized spacial score (nSPS) is 28.3. The van der Waals surface area contributed by atoms with Crippen molar-refractivity contribution < 1.29 is 44.0 Å². The number of nitrogens with one attached hydrogen (secondary N) is 2. The molecule has 0 saturated carbocycles. The van der Waals surface area contributed by atoms with Gasteiger partial charge in [-0.05, 0) is 20.3 Å². The van der Waals surface area contributed by atoms with Crippen molar-refractivity contribution >= 4 is 23.5 Å². The van der Waals surface area contributed by atoms with Crippen LogP contribution in [0.3, 0.4) is 0 Å². The van der Waals surface area contributed by atoms with Gasteiger partial charge in [0.25, 0.3) is 0 Å². The van der Waals surface area contributed by atoms with Gasteiger partial charge in [-0.1, -0.05) is 0 Å². The van der Waals surface area contributed by atoms with Gasteiger partial charge in [0.1, 0.15) is 36.2 Å². The average molecular weight is 463 g/mol. The van der Waals surface area contributed by atoms with E-state index in [0.29, 0.717) is 0 Å². The van der Waals surface area contributed by atoms with E-state index in [0.717, 1.165) is 0 Å². The van der Waals surface area contributed by atoms with Crippen LogP contribution in [0.4, 0.5) is 0 Å². The Labute approximate surface area is 185 Å². The molecule has 0 radical (unpaired) electrons. The molecule has 1 unspecified atom stereocenters. The SMILES string of the molecule is CC(=O)N[C@@H]1[C@@H](OC(C)CC(=O)CC[C@@H](NC(=O)[C@H](C)N)C(N)=O)[C@H](O)[C@@H](CO)O[C@@H]1O. The van der Waals surface area contributed by atoms with E-state index < -0.39 is 73.2 Å². The fourth-order valence-corrected chi connectivity index (χ4v) is 3.27. The highest BCUT2D eigenvalue weighted by Gasteiger charge is 2.46. The molecule has 0 aromatic rings. The van der Waals surface area contributed by atoms with Crippen molar-refractivity contribution in [1.29, 1.82) is 0 Å². The highest BCUT2D eigenvalue weighted by Crippen LogP contribution is 2.24. The summed E-state index contributed by atoms with van der Waals surface area (Å²) in [7, 11) is 0. The van der Waals surface area contributed by atoms with Crippen LogP contribution in [0.2, 0.25) is 0 Å². The predicted molar refractivity (Wildman–Crippen MR) is 110 cm³/mol. The van der Waals surface area contributed by atoms with E-state index in [4.69, 9.17) is 20.9 Å². The molecule has 1 rings (SSSR count). The summed E-state index contributed by atoms with van der Waals surface area (Å²) in [6.07, 6.45) is -6.23. The van der Waals surface area contributed by atoms with Gasteiger partial charge in [-0.2, -0.15) is 0 Å². The Hall–Kier alpha value is -2.16. The first kappa shape index (κ1) is 27.9. The number of primary amides is 1. The van der Waals surface area contributed by atoms with Gasteiger partial charge in [-0.25, -0.2) is 0 Å². The lowest BCUT2D eigenvalue weighted by Gasteiger charge is -2.43. The molecule has 13 heteroatoms. The first-order valence-corrected chi connectivity index (χ1v) is 10.3. The van der Waals surface area contributed by atoms with E-state index in [2.05, 4.69) is 10.6 Å². The average Bonchev–Trinajstić information content (AvgIpc) is 2.69. The van der Waals surface area contributed by atoms with Crippen molar-refractivity contribution in [1.82, 2.24) is 10.6 Å². The van der Waals surface area contributed by atoms with Gasteiger partial charge in [-0.3, -0.25) is 19.2 Å². The molecule has 0 bridgehead atoms. The molecule has 0 aromatic carbocycles. The minimum absolute atomic E-state index is 0.0287. The summed E-state index contributed by atoms with van der Waals surface area (Å²) in [5, 5.41) is 34.7. The van der Waals surface area contributed by atoms with Gasteiger partial charge in [0.15, 0.2) is 6.29 Å². The molecule has 1 heterocycles. The Balaban J connectivity index is 2.71. The summed E-state index contributed by atoms with van der Waals surface area (Å²) in [5.74, 6) is -2.19. The molecule has 0 aliphatic carbocycles. The zero-order chi connectivity index (χ0) is 24.6. The van der Waals surface area contributed by atoms with Crippen LogP contribution < -0.4 is 22.1 Å². The number of carbonyl (C=O) groups is 4. The van der Waals surface area contributed by atoms with Crippen molar-refractivity contribution in [2.45, 2.75) is 88.9 Å². The van der Waals surface area contributed by atoms with Crippen LogP contribution in [0.25, 0.3) is 0 Å². The van der Waals surface area contributed by atoms with E-state index >= 15 is 0 Å². The second-order valence-electron chi connectivity index (χ2n) is 7.91. The fourth-order valence-electron chi connectivity index (χ4n) is 3.27. The number of carbonyl (C=O) groups excluding carboxylic acids is 4. The molecule has 32 heavy (non-hydrogen) atoms. The van der Waals surface area contributed by atoms with Gasteiger partial charge in [0, 0.05) is 19.8 Å². The third-order valence-electron chi connectivity index (χ3n) is 4.93. The minimum Gasteiger partial charge on any atom is -0.394 e. The third-order valence-corrected chi connectivity index (χ3v) is 4.93. The number of amides is 3. The van der Waals surface area contributed by atoms with E-state index in [9.17, 15) is 34.5 Å². The minimum atomic E-state index is -1.54. The number of ketones is 1. The maximum atomic E-state index is 12.4.